The van der Waals surface area contributed by atoms with Crippen molar-refractivity contribution >= 4 is 10.8 Å². The van der Waals surface area contributed by atoms with Crippen LogP contribution in [0.15, 0.2) is 91.1 Å². The fraction of sp³-hybridized carbons (Fsp3) is 0.160. The van der Waals surface area contributed by atoms with Crippen LogP contribution in [0.3, 0.4) is 0 Å². The van der Waals surface area contributed by atoms with Crippen molar-refractivity contribution in [1.29, 1.82) is 0 Å². The second kappa shape index (κ2) is 7.45. The van der Waals surface area contributed by atoms with E-state index < -0.39 is 0 Å². The molecule has 1 aromatic heterocycles. The summed E-state index contributed by atoms with van der Waals surface area (Å²) in [5, 5.41) is 5.53. The number of pyridine rings is 1. The van der Waals surface area contributed by atoms with Crippen LogP contribution in [-0.4, -0.2) is 24.2 Å². The molecule has 3 nitrogen and oxygen atoms in total. The molecule has 5 rings (SSSR count). The van der Waals surface area contributed by atoms with E-state index in [-0.39, 0.29) is 12.0 Å². The molecule has 4 aromatic rings. The minimum atomic E-state index is 0.0757. The topological polar surface area (TPSA) is 34.1 Å². The summed E-state index contributed by atoms with van der Waals surface area (Å²) in [6.45, 7) is 1.82. The Bertz CT molecular complexity index is 1040. The molecular weight excluding hydrogens is 344 g/mol. The second-order valence-electron chi connectivity index (χ2n) is 7.20. The lowest BCUT2D eigenvalue weighted by Crippen LogP contribution is -2.50. The molecule has 3 aromatic carbocycles. The molecule has 0 atom stereocenters. The summed E-state index contributed by atoms with van der Waals surface area (Å²) in [6, 6.07) is 29.5. The number of hydrogen-bond donors (Lipinski definition) is 1. The molecule has 1 N–H and O–H groups in total. The van der Waals surface area contributed by atoms with Crippen molar-refractivity contribution in [3.05, 3.63) is 108 Å². The molecule has 28 heavy (non-hydrogen) atoms. The molecule has 0 radical (unpaired) electrons. The van der Waals surface area contributed by atoms with Gasteiger partial charge in [0.1, 0.15) is 11.9 Å². The highest BCUT2D eigenvalue weighted by Gasteiger charge is 2.23. The lowest BCUT2D eigenvalue weighted by molar-refractivity contribution is 0.144. The van der Waals surface area contributed by atoms with Crippen LogP contribution < -0.4 is 10.1 Å². The van der Waals surface area contributed by atoms with Crippen molar-refractivity contribution in [2.45, 2.75) is 12.0 Å². The van der Waals surface area contributed by atoms with Crippen molar-refractivity contribution in [2.75, 3.05) is 13.1 Å². The average Bonchev–Trinajstić information content (AvgIpc) is 2.73. The predicted molar refractivity (Wildman–Crippen MR) is 113 cm³/mol. The molecule has 138 valence electrons. The largest absolute Gasteiger partial charge is 0.487 e. The predicted octanol–water partition coefficient (Wildman–Crippen LogP) is 4.77. The summed E-state index contributed by atoms with van der Waals surface area (Å²) in [6.07, 6.45) is 2.16. The Kier molecular flexibility index (Phi) is 4.51. The Morgan fingerprint density at radius 1 is 0.750 bits per heavy atom. The number of rotatable bonds is 5. The Labute approximate surface area is 165 Å². The number of hydrogen-bond acceptors (Lipinski definition) is 3. The van der Waals surface area contributed by atoms with Crippen LogP contribution in [0.5, 0.6) is 5.75 Å². The number of nitrogens with zero attached hydrogens (tertiary/aromatic N) is 1. The van der Waals surface area contributed by atoms with Crippen LogP contribution in [0.4, 0.5) is 0 Å². The second-order valence-corrected chi connectivity index (χ2v) is 7.20. The normalized spacial score (nSPS) is 14.2. The van der Waals surface area contributed by atoms with Gasteiger partial charge in [-0.25, -0.2) is 0 Å². The standard InChI is InChI=1S/C25H22N2O/c1-3-8-18(9-4-1)24(19-10-5-2-6-11-19)25-22-12-7-13-23(21(22)14-15-27-25)28-20-16-26-17-20/h1-15,20,24,26H,16-17H2. The van der Waals surface area contributed by atoms with Crippen LogP contribution in [0.1, 0.15) is 22.7 Å². The van der Waals surface area contributed by atoms with Crippen LogP contribution in [-0.2, 0) is 0 Å². The summed E-state index contributed by atoms with van der Waals surface area (Å²) >= 11 is 0. The first-order chi connectivity index (χ1) is 13.9. The van der Waals surface area contributed by atoms with Gasteiger partial charge in [-0.05, 0) is 23.3 Å². The number of nitrogens with one attached hydrogen (secondary N) is 1. The van der Waals surface area contributed by atoms with Gasteiger partial charge in [-0.15, -0.1) is 0 Å². The van der Waals surface area contributed by atoms with Gasteiger partial charge in [0.2, 0.25) is 0 Å². The number of fused-ring (bicyclic) bond motifs is 1. The fourth-order valence-corrected chi connectivity index (χ4v) is 3.86. The van der Waals surface area contributed by atoms with Crippen molar-refractivity contribution in [3.63, 3.8) is 0 Å². The molecule has 0 unspecified atom stereocenters. The van der Waals surface area contributed by atoms with Gasteiger partial charge < -0.3 is 10.1 Å². The third-order valence-electron chi connectivity index (χ3n) is 5.37. The maximum Gasteiger partial charge on any atom is 0.127 e. The first-order valence-electron chi connectivity index (χ1n) is 9.75. The molecule has 3 heteroatoms. The molecule has 0 bridgehead atoms. The Balaban J connectivity index is 1.68. The molecule has 0 aliphatic carbocycles. The Hall–Kier alpha value is -3.17. The maximum atomic E-state index is 6.22. The van der Waals surface area contributed by atoms with E-state index >= 15 is 0 Å². The SMILES string of the molecule is c1ccc(C(c2ccccc2)c2nccc3c(OC4CNC4)cccc23)cc1. The summed E-state index contributed by atoms with van der Waals surface area (Å²) in [7, 11) is 0. The highest BCUT2D eigenvalue weighted by Crippen LogP contribution is 2.37. The zero-order chi connectivity index (χ0) is 18.8. The number of aromatic nitrogens is 1. The molecule has 0 spiro atoms. The van der Waals surface area contributed by atoms with Gasteiger partial charge in [-0.2, -0.15) is 0 Å². The molecule has 1 aliphatic heterocycles. The number of benzene rings is 3. The monoisotopic (exact) mass is 366 g/mol. The quantitative estimate of drug-likeness (QED) is 0.553. The molecule has 1 saturated heterocycles. The van der Waals surface area contributed by atoms with Gasteiger partial charge in [-0.1, -0.05) is 72.8 Å². The van der Waals surface area contributed by atoms with E-state index in [9.17, 15) is 0 Å². The van der Waals surface area contributed by atoms with Crippen molar-refractivity contribution in [3.8, 4) is 5.75 Å². The molecular formula is C25H22N2O. The lowest BCUT2D eigenvalue weighted by atomic mass is 9.86. The maximum absolute atomic E-state index is 6.22. The van der Waals surface area contributed by atoms with Gasteiger partial charge in [0.05, 0.1) is 11.6 Å². The van der Waals surface area contributed by atoms with Gasteiger partial charge in [0.25, 0.3) is 0 Å². The van der Waals surface area contributed by atoms with Crippen molar-refractivity contribution in [2.24, 2.45) is 0 Å². The lowest BCUT2D eigenvalue weighted by Gasteiger charge is -2.28. The molecule has 0 saturated carbocycles. The van der Waals surface area contributed by atoms with Gasteiger partial charge in [-0.3, -0.25) is 4.98 Å². The molecule has 1 fully saturated rings. The average molecular weight is 366 g/mol. The molecule has 0 amide bonds. The van der Waals surface area contributed by atoms with Gasteiger partial charge in [0.15, 0.2) is 0 Å². The summed E-state index contributed by atoms with van der Waals surface area (Å²) in [5.74, 6) is 1.01. The van der Waals surface area contributed by atoms with Crippen LogP contribution in [0.25, 0.3) is 10.8 Å². The number of ether oxygens (including phenoxy) is 1. The molecule has 2 heterocycles. The summed E-state index contributed by atoms with van der Waals surface area (Å²) < 4.78 is 6.22. The van der Waals surface area contributed by atoms with Crippen molar-refractivity contribution in [1.82, 2.24) is 10.3 Å². The van der Waals surface area contributed by atoms with Crippen LogP contribution >= 0.6 is 0 Å². The van der Waals surface area contributed by atoms with E-state index in [0.717, 1.165) is 35.3 Å². The van der Waals surface area contributed by atoms with E-state index in [4.69, 9.17) is 9.72 Å². The Morgan fingerprint density at radius 2 is 1.43 bits per heavy atom. The van der Waals surface area contributed by atoms with E-state index in [0.29, 0.717) is 0 Å². The molecule has 1 aliphatic rings. The van der Waals surface area contributed by atoms with Crippen LogP contribution in [0, 0.1) is 0 Å². The summed E-state index contributed by atoms with van der Waals surface area (Å²) in [5.41, 5.74) is 3.54. The summed E-state index contributed by atoms with van der Waals surface area (Å²) in [4.78, 5) is 4.85. The zero-order valence-corrected chi connectivity index (χ0v) is 15.6. The smallest absolute Gasteiger partial charge is 0.127 e. The minimum Gasteiger partial charge on any atom is -0.487 e. The van der Waals surface area contributed by atoms with Gasteiger partial charge in [0, 0.05) is 30.1 Å². The third-order valence-corrected chi connectivity index (χ3v) is 5.37. The van der Waals surface area contributed by atoms with E-state index in [1.807, 2.05) is 6.20 Å². The van der Waals surface area contributed by atoms with Gasteiger partial charge >= 0.3 is 0 Å². The van der Waals surface area contributed by atoms with E-state index in [1.165, 1.54) is 11.1 Å². The minimum absolute atomic E-state index is 0.0757. The van der Waals surface area contributed by atoms with Crippen molar-refractivity contribution < 1.29 is 4.74 Å². The van der Waals surface area contributed by atoms with Crippen LogP contribution in [0.2, 0.25) is 0 Å². The van der Waals surface area contributed by atoms with E-state index in [2.05, 4.69) is 90.2 Å². The van der Waals surface area contributed by atoms with E-state index in [1.54, 1.807) is 0 Å². The highest BCUT2D eigenvalue weighted by atomic mass is 16.5. The first-order valence-corrected chi connectivity index (χ1v) is 9.75. The Morgan fingerprint density at radius 3 is 2.04 bits per heavy atom. The fourth-order valence-electron chi connectivity index (χ4n) is 3.86. The highest BCUT2D eigenvalue weighted by molar-refractivity contribution is 5.91. The third kappa shape index (κ3) is 3.14. The zero-order valence-electron chi connectivity index (χ0n) is 15.6. The first kappa shape index (κ1) is 17.0.